The molecule has 0 amide bonds. The highest BCUT2D eigenvalue weighted by Gasteiger charge is 2.33. The van der Waals surface area contributed by atoms with Gasteiger partial charge in [-0.2, -0.15) is 18.4 Å². The van der Waals surface area contributed by atoms with E-state index in [1.165, 1.54) is 0 Å². The van der Waals surface area contributed by atoms with Gasteiger partial charge in [0, 0.05) is 5.25 Å². The zero-order chi connectivity index (χ0) is 12.3. The molecule has 0 aromatic carbocycles. The van der Waals surface area contributed by atoms with E-state index >= 15 is 0 Å². The molecule has 0 aliphatic rings. The number of rotatable bonds is 2. The fourth-order valence-corrected chi connectivity index (χ4v) is 1.83. The van der Waals surface area contributed by atoms with Gasteiger partial charge in [-0.1, -0.05) is 13.8 Å². The van der Waals surface area contributed by atoms with Gasteiger partial charge in [0.15, 0.2) is 0 Å². The maximum absolute atomic E-state index is 12.4. The summed E-state index contributed by atoms with van der Waals surface area (Å²) < 4.78 is 37.2. The van der Waals surface area contributed by atoms with Crippen LogP contribution in [0, 0.1) is 11.3 Å². The molecule has 0 atom stereocenters. The minimum absolute atomic E-state index is 0.0723. The first-order valence-electron chi connectivity index (χ1n) is 4.49. The molecule has 0 fully saturated rings. The topological polar surface area (TPSA) is 36.7 Å². The van der Waals surface area contributed by atoms with E-state index in [0.717, 1.165) is 23.9 Å². The summed E-state index contributed by atoms with van der Waals surface area (Å²) in [5.41, 5.74) is -0.790. The molecular weight excluding hydrogens is 237 g/mol. The Balaban J connectivity index is 3.18. The molecule has 16 heavy (non-hydrogen) atoms. The predicted octanol–water partition coefficient (Wildman–Crippen LogP) is 3.47. The summed E-state index contributed by atoms with van der Waals surface area (Å²) in [7, 11) is 0. The van der Waals surface area contributed by atoms with Gasteiger partial charge in [-0.15, -0.1) is 11.8 Å². The summed E-state index contributed by atoms with van der Waals surface area (Å²) in [5.74, 6) is 0. The van der Waals surface area contributed by atoms with Crippen LogP contribution in [0.25, 0.3) is 0 Å². The van der Waals surface area contributed by atoms with E-state index in [1.54, 1.807) is 0 Å². The first-order valence-corrected chi connectivity index (χ1v) is 5.37. The van der Waals surface area contributed by atoms with Crippen LogP contribution >= 0.6 is 11.8 Å². The number of nitriles is 1. The van der Waals surface area contributed by atoms with Gasteiger partial charge in [-0.05, 0) is 12.1 Å². The monoisotopic (exact) mass is 246 g/mol. The second-order valence-corrected chi connectivity index (χ2v) is 4.89. The van der Waals surface area contributed by atoms with Crippen LogP contribution in [-0.4, -0.2) is 10.2 Å². The molecule has 86 valence electrons. The summed E-state index contributed by atoms with van der Waals surface area (Å²) in [5, 5.41) is 8.94. The van der Waals surface area contributed by atoms with Gasteiger partial charge in [0.2, 0.25) is 0 Å². The number of halogens is 3. The van der Waals surface area contributed by atoms with E-state index in [0.29, 0.717) is 0 Å². The molecule has 6 heteroatoms. The van der Waals surface area contributed by atoms with Gasteiger partial charge in [-0.3, -0.25) is 0 Å². The van der Waals surface area contributed by atoms with Gasteiger partial charge >= 0.3 is 6.18 Å². The summed E-state index contributed by atoms with van der Waals surface area (Å²) in [6, 6.07) is 3.80. The smallest absolute Gasteiger partial charge is 0.236 e. The Morgan fingerprint density at radius 1 is 1.38 bits per heavy atom. The average molecular weight is 246 g/mol. The van der Waals surface area contributed by atoms with Crippen molar-refractivity contribution < 1.29 is 13.2 Å². The van der Waals surface area contributed by atoms with Gasteiger partial charge in [0.25, 0.3) is 0 Å². The summed E-state index contributed by atoms with van der Waals surface area (Å²) in [6.45, 7) is 3.65. The first-order chi connectivity index (χ1) is 7.34. The highest BCUT2D eigenvalue weighted by atomic mass is 32.2. The number of alkyl halides is 3. The summed E-state index contributed by atoms with van der Waals surface area (Å²) in [6.07, 6.45) is -4.47. The number of nitrogens with zero attached hydrogens (tertiary/aromatic N) is 2. The van der Waals surface area contributed by atoms with E-state index in [9.17, 15) is 13.2 Å². The lowest BCUT2D eigenvalue weighted by molar-refractivity contribution is -0.141. The van der Waals surface area contributed by atoms with Crippen molar-refractivity contribution in [1.82, 2.24) is 4.98 Å². The highest BCUT2D eigenvalue weighted by Crippen LogP contribution is 2.31. The lowest BCUT2D eigenvalue weighted by Gasteiger charge is -2.10. The quantitative estimate of drug-likeness (QED) is 0.750. The maximum atomic E-state index is 12.4. The molecule has 0 unspecified atom stereocenters. The van der Waals surface area contributed by atoms with Crippen molar-refractivity contribution in [3.8, 4) is 6.07 Å². The Hall–Kier alpha value is -1.22. The minimum atomic E-state index is -4.47. The van der Waals surface area contributed by atoms with Gasteiger partial charge in [0.1, 0.15) is 16.8 Å². The van der Waals surface area contributed by atoms with Crippen molar-refractivity contribution in [3.05, 3.63) is 23.4 Å². The molecule has 0 aliphatic heterocycles. The maximum Gasteiger partial charge on any atom is 0.433 e. The van der Waals surface area contributed by atoms with Crippen molar-refractivity contribution in [2.75, 3.05) is 0 Å². The largest absolute Gasteiger partial charge is 0.433 e. The molecule has 1 aromatic heterocycles. The fourth-order valence-electron chi connectivity index (χ4n) is 0.997. The van der Waals surface area contributed by atoms with Crippen LogP contribution in [0.2, 0.25) is 0 Å². The third-order valence-electron chi connectivity index (χ3n) is 1.62. The van der Waals surface area contributed by atoms with Crippen LogP contribution < -0.4 is 0 Å². The number of aromatic nitrogens is 1. The van der Waals surface area contributed by atoms with E-state index in [-0.39, 0.29) is 15.8 Å². The van der Waals surface area contributed by atoms with E-state index in [1.807, 2.05) is 19.9 Å². The number of hydrogen-bond donors (Lipinski definition) is 0. The SMILES string of the molecule is CC(C)Sc1nc(C(F)(F)F)ccc1C#N. The number of pyridine rings is 1. The summed E-state index contributed by atoms with van der Waals surface area (Å²) in [4.78, 5) is 3.47. The van der Waals surface area contributed by atoms with Crippen molar-refractivity contribution >= 4 is 11.8 Å². The Morgan fingerprint density at radius 2 is 2.00 bits per heavy atom. The predicted molar refractivity (Wildman–Crippen MR) is 54.9 cm³/mol. The molecule has 1 aromatic rings. The lowest BCUT2D eigenvalue weighted by atomic mass is 10.2. The highest BCUT2D eigenvalue weighted by molar-refractivity contribution is 7.99. The fraction of sp³-hybridized carbons (Fsp3) is 0.400. The van der Waals surface area contributed by atoms with Crippen LogP contribution in [0.1, 0.15) is 25.1 Å². The van der Waals surface area contributed by atoms with Crippen molar-refractivity contribution in [1.29, 1.82) is 5.26 Å². The molecule has 0 saturated heterocycles. The third-order valence-corrected chi connectivity index (χ3v) is 2.62. The van der Waals surface area contributed by atoms with Gasteiger partial charge < -0.3 is 0 Å². The standard InChI is InChI=1S/C10H9F3N2S/c1-6(2)16-9-7(5-14)3-4-8(15-9)10(11,12)13/h3-4,6H,1-2H3. The Labute approximate surface area is 95.5 Å². The molecule has 0 spiro atoms. The van der Waals surface area contributed by atoms with Gasteiger partial charge in [0.05, 0.1) is 5.56 Å². The van der Waals surface area contributed by atoms with Crippen LogP contribution in [0.5, 0.6) is 0 Å². The van der Waals surface area contributed by atoms with Gasteiger partial charge in [-0.25, -0.2) is 4.98 Å². The second kappa shape index (κ2) is 4.74. The number of hydrogen-bond acceptors (Lipinski definition) is 3. The molecule has 0 saturated carbocycles. The van der Waals surface area contributed by atoms with Crippen molar-refractivity contribution in [2.24, 2.45) is 0 Å². The van der Waals surface area contributed by atoms with Crippen LogP contribution in [0.3, 0.4) is 0 Å². The molecule has 0 bridgehead atoms. The molecule has 0 radical (unpaired) electrons. The van der Waals surface area contributed by atoms with Crippen LogP contribution in [-0.2, 0) is 6.18 Å². The van der Waals surface area contributed by atoms with E-state index in [2.05, 4.69) is 4.98 Å². The molecule has 1 heterocycles. The zero-order valence-corrected chi connectivity index (χ0v) is 9.49. The average Bonchev–Trinajstić information content (AvgIpc) is 2.15. The Kier molecular flexibility index (Phi) is 3.81. The molecule has 1 rings (SSSR count). The Bertz CT molecular complexity index is 421. The first kappa shape index (κ1) is 12.8. The molecule has 2 nitrogen and oxygen atoms in total. The summed E-state index contributed by atoms with van der Waals surface area (Å²) >= 11 is 1.15. The van der Waals surface area contributed by atoms with Crippen molar-refractivity contribution in [2.45, 2.75) is 30.3 Å². The second-order valence-electron chi connectivity index (χ2n) is 3.33. The molecule has 0 aliphatic carbocycles. The van der Waals surface area contributed by atoms with Crippen molar-refractivity contribution in [3.63, 3.8) is 0 Å². The normalized spacial score (nSPS) is 11.6. The Morgan fingerprint density at radius 3 is 2.44 bits per heavy atom. The van der Waals surface area contributed by atoms with Crippen LogP contribution in [0.4, 0.5) is 13.2 Å². The minimum Gasteiger partial charge on any atom is -0.236 e. The molecular formula is C10H9F3N2S. The van der Waals surface area contributed by atoms with E-state index < -0.39 is 11.9 Å². The van der Waals surface area contributed by atoms with Crippen LogP contribution in [0.15, 0.2) is 17.2 Å². The van der Waals surface area contributed by atoms with E-state index in [4.69, 9.17) is 5.26 Å². The third kappa shape index (κ3) is 3.14. The zero-order valence-electron chi connectivity index (χ0n) is 8.67. The number of thioether (sulfide) groups is 1. The molecule has 0 N–H and O–H groups in total. The lowest BCUT2D eigenvalue weighted by Crippen LogP contribution is -2.09.